The third kappa shape index (κ3) is 3.01. The van der Waals surface area contributed by atoms with Crippen molar-refractivity contribution < 1.29 is 4.39 Å². The number of aromatic nitrogens is 3. The summed E-state index contributed by atoms with van der Waals surface area (Å²) in [5.41, 5.74) is 10.1. The van der Waals surface area contributed by atoms with Crippen molar-refractivity contribution >= 4 is 22.4 Å². The fraction of sp³-hybridized carbons (Fsp3) is 0.0526. The van der Waals surface area contributed by atoms with E-state index < -0.39 is 0 Å². The van der Waals surface area contributed by atoms with E-state index in [0.717, 1.165) is 27.7 Å². The van der Waals surface area contributed by atoms with Gasteiger partial charge in [0.2, 0.25) is 0 Å². The standard InChI is InChI=1S/C19H16FN5/c20-17-4-2-1-3-13(17)10-23-15-7-14(9-22-11-15)12-5-6-18-16(8-12)19(21)25-24-18/h1-9,11,23H,10H2,(H3,21,24,25). The zero-order valence-corrected chi connectivity index (χ0v) is 13.3. The SMILES string of the molecule is Nc1n[nH]c2ccc(-c3cncc(NCc4ccccc4F)c3)cc12. The number of benzene rings is 2. The van der Waals surface area contributed by atoms with Crippen molar-refractivity contribution in [2.24, 2.45) is 0 Å². The Morgan fingerprint density at radius 2 is 1.92 bits per heavy atom. The van der Waals surface area contributed by atoms with Gasteiger partial charge < -0.3 is 11.1 Å². The summed E-state index contributed by atoms with van der Waals surface area (Å²) in [7, 11) is 0. The average molecular weight is 333 g/mol. The lowest BCUT2D eigenvalue weighted by Crippen LogP contribution is -2.02. The van der Waals surface area contributed by atoms with Crippen LogP contribution in [-0.4, -0.2) is 15.2 Å². The summed E-state index contributed by atoms with van der Waals surface area (Å²) >= 11 is 0. The molecule has 25 heavy (non-hydrogen) atoms. The Hall–Kier alpha value is -3.41. The molecule has 4 N–H and O–H groups in total. The number of pyridine rings is 1. The highest BCUT2D eigenvalue weighted by Gasteiger charge is 2.06. The van der Waals surface area contributed by atoms with Gasteiger partial charge in [-0.05, 0) is 29.8 Å². The molecule has 0 aliphatic carbocycles. The van der Waals surface area contributed by atoms with Crippen molar-refractivity contribution in [1.82, 2.24) is 15.2 Å². The first-order chi connectivity index (χ1) is 12.2. The molecule has 0 unspecified atom stereocenters. The van der Waals surface area contributed by atoms with Gasteiger partial charge in [-0.3, -0.25) is 10.1 Å². The first kappa shape index (κ1) is 15.1. The third-order valence-corrected chi connectivity index (χ3v) is 4.10. The molecule has 0 fully saturated rings. The maximum absolute atomic E-state index is 13.7. The number of halogens is 1. The Bertz CT molecular complexity index is 1040. The number of nitrogens with zero attached hydrogens (tertiary/aromatic N) is 2. The van der Waals surface area contributed by atoms with Crippen LogP contribution in [0.2, 0.25) is 0 Å². The molecule has 0 bridgehead atoms. The highest BCUT2D eigenvalue weighted by molar-refractivity contribution is 5.92. The van der Waals surface area contributed by atoms with Crippen LogP contribution in [0.4, 0.5) is 15.9 Å². The van der Waals surface area contributed by atoms with E-state index >= 15 is 0 Å². The largest absolute Gasteiger partial charge is 0.382 e. The Balaban J connectivity index is 1.60. The van der Waals surface area contributed by atoms with E-state index in [-0.39, 0.29) is 5.82 Å². The first-order valence-electron chi connectivity index (χ1n) is 7.87. The van der Waals surface area contributed by atoms with E-state index in [1.807, 2.05) is 30.3 Å². The van der Waals surface area contributed by atoms with Crippen molar-refractivity contribution in [2.75, 3.05) is 11.1 Å². The maximum atomic E-state index is 13.7. The summed E-state index contributed by atoms with van der Waals surface area (Å²) in [6.07, 6.45) is 3.50. The molecule has 6 heteroatoms. The zero-order valence-electron chi connectivity index (χ0n) is 13.3. The molecule has 2 aromatic heterocycles. The molecule has 0 amide bonds. The molecule has 0 aliphatic heterocycles. The molecule has 0 aliphatic rings. The number of hydrogen-bond donors (Lipinski definition) is 3. The van der Waals surface area contributed by atoms with E-state index in [4.69, 9.17) is 5.73 Å². The molecule has 4 aromatic rings. The second kappa shape index (κ2) is 6.24. The average Bonchev–Trinajstić information content (AvgIpc) is 3.02. The van der Waals surface area contributed by atoms with Crippen molar-refractivity contribution in [3.8, 4) is 11.1 Å². The Morgan fingerprint density at radius 1 is 1.04 bits per heavy atom. The number of nitrogens with two attached hydrogens (primary N) is 1. The van der Waals surface area contributed by atoms with Gasteiger partial charge in [-0.2, -0.15) is 5.10 Å². The molecule has 0 saturated carbocycles. The minimum Gasteiger partial charge on any atom is -0.382 e. The summed E-state index contributed by atoms with van der Waals surface area (Å²) in [4.78, 5) is 4.27. The molecular formula is C19H16FN5. The number of H-pyrrole nitrogens is 1. The smallest absolute Gasteiger partial charge is 0.153 e. The van der Waals surface area contributed by atoms with Crippen LogP contribution < -0.4 is 11.1 Å². The van der Waals surface area contributed by atoms with Gasteiger partial charge in [0.1, 0.15) is 5.82 Å². The van der Waals surface area contributed by atoms with E-state index in [9.17, 15) is 4.39 Å². The van der Waals surface area contributed by atoms with Gasteiger partial charge in [-0.15, -0.1) is 0 Å². The summed E-state index contributed by atoms with van der Waals surface area (Å²) in [6.45, 7) is 0.394. The second-order valence-electron chi connectivity index (χ2n) is 5.78. The maximum Gasteiger partial charge on any atom is 0.153 e. The lowest BCUT2D eigenvalue weighted by molar-refractivity contribution is 0.613. The second-order valence-corrected chi connectivity index (χ2v) is 5.78. The molecule has 5 nitrogen and oxygen atoms in total. The Kier molecular flexibility index (Phi) is 3.78. The van der Waals surface area contributed by atoms with Crippen LogP contribution in [0.25, 0.3) is 22.0 Å². The lowest BCUT2D eigenvalue weighted by atomic mass is 10.1. The van der Waals surface area contributed by atoms with Gasteiger partial charge in [0.25, 0.3) is 0 Å². The Labute approximate surface area is 143 Å². The molecule has 0 radical (unpaired) electrons. The van der Waals surface area contributed by atoms with E-state index in [2.05, 4.69) is 20.5 Å². The number of anilines is 2. The minimum atomic E-state index is -0.222. The first-order valence-corrected chi connectivity index (χ1v) is 7.87. The van der Waals surface area contributed by atoms with Crippen LogP contribution in [-0.2, 0) is 6.54 Å². The summed E-state index contributed by atoms with van der Waals surface area (Å²) in [5, 5.41) is 11.0. The molecule has 0 saturated heterocycles. The predicted molar refractivity (Wildman–Crippen MR) is 97.5 cm³/mol. The number of rotatable bonds is 4. The fourth-order valence-electron chi connectivity index (χ4n) is 2.75. The van der Waals surface area contributed by atoms with Crippen LogP contribution >= 0.6 is 0 Å². The number of hydrogen-bond acceptors (Lipinski definition) is 4. The van der Waals surface area contributed by atoms with Crippen LogP contribution in [0, 0.1) is 5.82 Å². The van der Waals surface area contributed by atoms with Crippen molar-refractivity contribution in [2.45, 2.75) is 6.54 Å². The summed E-state index contributed by atoms with van der Waals surface area (Å²) < 4.78 is 13.7. The third-order valence-electron chi connectivity index (χ3n) is 4.10. The molecule has 124 valence electrons. The molecule has 0 atom stereocenters. The predicted octanol–water partition coefficient (Wildman–Crippen LogP) is 3.96. The molecule has 0 spiro atoms. The van der Waals surface area contributed by atoms with Gasteiger partial charge in [-0.1, -0.05) is 24.3 Å². The lowest BCUT2D eigenvalue weighted by Gasteiger charge is -2.09. The fourth-order valence-corrected chi connectivity index (χ4v) is 2.75. The van der Waals surface area contributed by atoms with E-state index in [0.29, 0.717) is 17.9 Å². The van der Waals surface area contributed by atoms with Crippen LogP contribution in [0.15, 0.2) is 60.9 Å². The topological polar surface area (TPSA) is 79.6 Å². The molecule has 4 rings (SSSR count). The van der Waals surface area contributed by atoms with Crippen molar-refractivity contribution in [3.05, 3.63) is 72.3 Å². The number of aromatic amines is 1. The van der Waals surface area contributed by atoms with Crippen molar-refractivity contribution in [3.63, 3.8) is 0 Å². The highest BCUT2D eigenvalue weighted by atomic mass is 19.1. The quantitative estimate of drug-likeness (QED) is 0.528. The van der Waals surface area contributed by atoms with Crippen LogP contribution in [0.3, 0.4) is 0 Å². The Morgan fingerprint density at radius 3 is 2.80 bits per heavy atom. The molecule has 2 heterocycles. The van der Waals surface area contributed by atoms with Crippen LogP contribution in [0.1, 0.15) is 5.56 Å². The summed E-state index contributed by atoms with van der Waals surface area (Å²) in [5.74, 6) is 0.249. The van der Waals surface area contributed by atoms with Crippen LogP contribution in [0.5, 0.6) is 0 Å². The highest BCUT2D eigenvalue weighted by Crippen LogP contribution is 2.27. The van der Waals surface area contributed by atoms with E-state index in [1.54, 1.807) is 24.5 Å². The van der Waals surface area contributed by atoms with Crippen molar-refractivity contribution in [1.29, 1.82) is 0 Å². The van der Waals surface area contributed by atoms with Gasteiger partial charge in [0, 0.05) is 35.5 Å². The summed E-state index contributed by atoms with van der Waals surface area (Å²) in [6, 6.07) is 14.6. The number of nitrogen functional groups attached to an aromatic ring is 1. The molecular weight excluding hydrogens is 317 g/mol. The van der Waals surface area contributed by atoms with Gasteiger partial charge in [0.05, 0.1) is 11.2 Å². The number of nitrogens with one attached hydrogen (secondary N) is 2. The monoisotopic (exact) mass is 333 g/mol. The number of fused-ring (bicyclic) bond motifs is 1. The zero-order chi connectivity index (χ0) is 17.2. The van der Waals surface area contributed by atoms with E-state index in [1.165, 1.54) is 6.07 Å². The van der Waals surface area contributed by atoms with Gasteiger partial charge in [-0.25, -0.2) is 4.39 Å². The minimum absolute atomic E-state index is 0.222. The van der Waals surface area contributed by atoms with Gasteiger partial charge >= 0.3 is 0 Å². The van der Waals surface area contributed by atoms with Gasteiger partial charge in [0.15, 0.2) is 5.82 Å². The molecule has 2 aromatic carbocycles. The normalized spacial score (nSPS) is 10.9.